The van der Waals surface area contributed by atoms with Gasteiger partial charge in [0.1, 0.15) is 0 Å². The normalized spacial score (nSPS) is 53.6. The van der Waals surface area contributed by atoms with Crippen LogP contribution < -0.4 is 0 Å². The van der Waals surface area contributed by atoms with E-state index < -0.39 is 13.8 Å². The van der Waals surface area contributed by atoms with Crippen LogP contribution in [0, 0.1) is 46.3 Å². The molecule has 0 N–H and O–H groups in total. The van der Waals surface area contributed by atoms with Gasteiger partial charge in [0.2, 0.25) is 0 Å². The van der Waals surface area contributed by atoms with E-state index in [9.17, 15) is 8.63 Å². The minimum atomic E-state index is -1.80. The van der Waals surface area contributed by atoms with Crippen molar-refractivity contribution in [3.8, 4) is 0 Å². The summed E-state index contributed by atoms with van der Waals surface area (Å²) in [6.45, 7) is 5.90. The quantitative estimate of drug-likeness (QED) is 0.326. The topological polar surface area (TPSA) is 43.4 Å². The van der Waals surface area contributed by atoms with Crippen LogP contribution in [0.15, 0.2) is 30.3 Å². The van der Waals surface area contributed by atoms with Gasteiger partial charge in [0.25, 0.3) is 0 Å². The second kappa shape index (κ2) is 7.51. The molecule has 11 atom stereocenters. The Morgan fingerprint density at radius 1 is 0.882 bits per heavy atom. The SMILES string of the molecule is C[C@]12CC[C@H]3[C@@H](CCC4CC5(c6ccccc6)C(C[C@@]43C)[Se]5=O)[C@@H]1CC[C@@H]2[C@H]1CCC(=O)OC1. The fourth-order valence-corrected chi connectivity index (χ4v) is 15.8. The molecule has 0 bridgehead atoms. The summed E-state index contributed by atoms with van der Waals surface area (Å²) in [5.74, 6) is 4.57. The number of ether oxygens (including phenoxy) is 1. The van der Waals surface area contributed by atoms with Gasteiger partial charge in [-0.15, -0.1) is 0 Å². The van der Waals surface area contributed by atoms with Crippen LogP contribution in [-0.4, -0.2) is 26.4 Å². The maximum atomic E-state index is 13.5. The summed E-state index contributed by atoms with van der Waals surface area (Å²) >= 11 is -1.80. The number of esters is 1. The Labute approximate surface area is 208 Å². The second-order valence-corrected chi connectivity index (χ2v) is 17.3. The first-order valence-electron chi connectivity index (χ1n) is 14.0. The Kier molecular flexibility index (Phi) is 4.91. The molecule has 7 rings (SSSR count). The molecule has 2 heterocycles. The summed E-state index contributed by atoms with van der Waals surface area (Å²) in [5.41, 5.74) is 2.19. The molecule has 2 aliphatic heterocycles. The number of rotatable bonds is 2. The zero-order chi connectivity index (χ0) is 23.3. The van der Waals surface area contributed by atoms with Gasteiger partial charge in [0.05, 0.1) is 0 Å². The third kappa shape index (κ3) is 2.85. The maximum absolute atomic E-state index is 13.5. The molecule has 0 aromatic heterocycles. The standard InChI is InChI=1S/C30H40O3Se/c1-28-15-14-25-22(24(28)12-11-23(28)19-8-13-27(31)33-18-19)10-9-21-16-30(20-6-4-3-5-7-20)26(34(30)32)17-29(21,25)2/h3-7,19,21-26H,8-18H2,1-2H3/t19-,21?,22-,23+,24-,25-,26?,28+,29-,30?,34?/m0/s1. The van der Waals surface area contributed by atoms with Gasteiger partial charge in [-0.05, 0) is 0 Å². The average Bonchev–Trinajstić information content (AvgIpc) is 3.24. The molecule has 34 heavy (non-hydrogen) atoms. The van der Waals surface area contributed by atoms with Gasteiger partial charge in [0, 0.05) is 0 Å². The molecule has 4 unspecified atom stereocenters. The Morgan fingerprint density at radius 2 is 1.65 bits per heavy atom. The summed E-state index contributed by atoms with van der Waals surface area (Å²) in [5, 5.41) is 0. The van der Waals surface area contributed by atoms with E-state index >= 15 is 0 Å². The predicted octanol–water partition coefficient (Wildman–Crippen LogP) is 6.49. The third-order valence-corrected chi connectivity index (χ3v) is 17.1. The van der Waals surface area contributed by atoms with Crippen LogP contribution in [0.2, 0.25) is 4.82 Å². The van der Waals surface area contributed by atoms with Crippen LogP contribution in [0.5, 0.6) is 0 Å². The average molecular weight is 528 g/mol. The molecule has 3 nitrogen and oxygen atoms in total. The van der Waals surface area contributed by atoms with Crippen molar-refractivity contribution in [3.05, 3.63) is 35.9 Å². The first kappa shape index (κ1) is 22.2. The van der Waals surface area contributed by atoms with Gasteiger partial charge in [-0.1, -0.05) is 0 Å². The van der Waals surface area contributed by atoms with Crippen LogP contribution in [0.25, 0.3) is 0 Å². The van der Waals surface area contributed by atoms with Gasteiger partial charge in [-0.25, -0.2) is 0 Å². The van der Waals surface area contributed by atoms with E-state index in [0.717, 1.165) is 36.0 Å². The van der Waals surface area contributed by atoms with Crippen molar-refractivity contribution in [3.63, 3.8) is 0 Å². The zero-order valence-electron chi connectivity index (χ0n) is 20.8. The predicted molar refractivity (Wildman–Crippen MR) is 133 cm³/mol. The first-order chi connectivity index (χ1) is 16.4. The molecule has 6 fully saturated rings. The van der Waals surface area contributed by atoms with Crippen molar-refractivity contribution in [2.24, 2.45) is 46.3 Å². The fraction of sp³-hybridized carbons (Fsp3) is 0.767. The van der Waals surface area contributed by atoms with Gasteiger partial charge < -0.3 is 0 Å². The van der Waals surface area contributed by atoms with Gasteiger partial charge in [0.15, 0.2) is 0 Å². The summed E-state index contributed by atoms with van der Waals surface area (Å²) in [6.07, 6.45) is 12.2. The molecule has 184 valence electrons. The third-order valence-electron chi connectivity index (χ3n) is 12.4. The molecule has 1 aromatic rings. The first-order valence-corrected chi connectivity index (χ1v) is 16.5. The van der Waals surface area contributed by atoms with Crippen LogP contribution >= 0.6 is 0 Å². The number of carbonyl (C=O) groups is 1. The van der Waals surface area contributed by atoms with Crippen LogP contribution in [0.3, 0.4) is 0 Å². The molecular formula is C30H40O3Se. The number of fused-ring (bicyclic) bond motifs is 6. The zero-order valence-corrected chi connectivity index (χ0v) is 22.6. The molecule has 0 spiro atoms. The molecule has 4 aliphatic carbocycles. The molecular weight excluding hydrogens is 487 g/mol. The van der Waals surface area contributed by atoms with E-state index in [2.05, 4.69) is 44.2 Å². The van der Waals surface area contributed by atoms with Crippen molar-refractivity contribution in [2.45, 2.75) is 87.2 Å². The van der Waals surface area contributed by atoms with Crippen molar-refractivity contribution >= 4 is 19.8 Å². The number of benzene rings is 1. The Balaban J connectivity index is 1.14. The number of hydrogen-bond donors (Lipinski definition) is 0. The Bertz CT molecular complexity index is 1010. The molecule has 0 radical (unpaired) electrons. The van der Waals surface area contributed by atoms with Crippen molar-refractivity contribution < 1.29 is 13.4 Å². The summed E-state index contributed by atoms with van der Waals surface area (Å²) in [4.78, 5) is 12.1. The van der Waals surface area contributed by atoms with Crippen molar-refractivity contribution in [2.75, 3.05) is 6.61 Å². The van der Waals surface area contributed by atoms with Gasteiger partial charge in [-0.3, -0.25) is 4.79 Å². The summed E-state index contributed by atoms with van der Waals surface area (Å²) in [7, 11) is 0. The van der Waals surface area contributed by atoms with E-state index in [-0.39, 0.29) is 10.3 Å². The second-order valence-electron chi connectivity index (χ2n) is 13.3. The molecule has 2 saturated heterocycles. The molecule has 1 aromatic carbocycles. The number of carbonyl (C=O) groups excluding carboxylic acids is 1. The van der Waals surface area contributed by atoms with Crippen LogP contribution in [-0.2, 0) is 17.7 Å². The Hall–Kier alpha value is -0.991. The van der Waals surface area contributed by atoms with Gasteiger partial charge >= 0.3 is 204 Å². The van der Waals surface area contributed by atoms with Crippen LogP contribution in [0.4, 0.5) is 0 Å². The summed E-state index contributed by atoms with van der Waals surface area (Å²) in [6, 6.07) is 10.9. The number of cyclic esters (lactones) is 1. The summed E-state index contributed by atoms with van der Waals surface area (Å²) < 4.78 is 19.1. The van der Waals surface area contributed by atoms with E-state index in [1.165, 1.54) is 56.9 Å². The van der Waals surface area contributed by atoms with Gasteiger partial charge in [-0.2, -0.15) is 0 Å². The number of hydrogen-bond acceptors (Lipinski definition) is 3. The fourth-order valence-electron chi connectivity index (χ4n) is 10.7. The van der Waals surface area contributed by atoms with E-state index in [1.807, 2.05) is 0 Å². The van der Waals surface area contributed by atoms with Crippen LogP contribution in [0.1, 0.15) is 83.6 Å². The molecule has 0 amide bonds. The Morgan fingerprint density at radius 3 is 2.41 bits per heavy atom. The molecule has 4 saturated carbocycles. The molecule has 6 aliphatic rings. The van der Waals surface area contributed by atoms with Crippen molar-refractivity contribution in [1.82, 2.24) is 0 Å². The van der Waals surface area contributed by atoms with E-state index in [4.69, 9.17) is 4.74 Å². The van der Waals surface area contributed by atoms with E-state index in [0.29, 0.717) is 34.6 Å². The monoisotopic (exact) mass is 528 g/mol. The van der Waals surface area contributed by atoms with Crippen molar-refractivity contribution in [1.29, 1.82) is 0 Å². The minimum absolute atomic E-state index is 0.00901. The van der Waals surface area contributed by atoms with E-state index in [1.54, 1.807) is 0 Å². The molecule has 4 heteroatoms.